The first-order valence-electron chi connectivity index (χ1n) is 4.75. The third-order valence-electron chi connectivity index (χ3n) is 1.90. The molecule has 3 heteroatoms. The standard InChI is InChI=1S/C12H14ClNO/c1-14-8-4-3-5-10-6-7-11(15-2)9-12(10)13/h6-7,9,14H,4,8H2,1-2H3. The number of hydrogen-bond donors (Lipinski definition) is 1. The monoisotopic (exact) mass is 223 g/mol. The van der Waals surface area contributed by atoms with Crippen molar-refractivity contribution < 1.29 is 4.74 Å². The van der Waals surface area contributed by atoms with Crippen LogP contribution in [0.3, 0.4) is 0 Å². The highest BCUT2D eigenvalue weighted by Gasteiger charge is 1.98. The number of hydrogen-bond acceptors (Lipinski definition) is 2. The minimum absolute atomic E-state index is 0.631. The number of halogens is 1. The molecule has 2 nitrogen and oxygen atoms in total. The third-order valence-corrected chi connectivity index (χ3v) is 2.21. The van der Waals surface area contributed by atoms with Crippen molar-refractivity contribution in [1.82, 2.24) is 5.32 Å². The Morgan fingerprint density at radius 1 is 1.47 bits per heavy atom. The molecule has 0 radical (unpaired) electrons. The molecule has 1 aromatic carbocycles. The number of rotatable bonds is 3. The van der Waals surface area contributed by atoms with Gasteiger partial charge in [-0.2, -0.15) is 0 Å². The predicted octanol–water partition coefficient (Wildman–Crippen LogP) is 2.31. The molecule has 0 saturated heterocycles. The van der Waals surface area contributed by atoms with E-state index in [-0.39, 0.29) is 0 Å². The lowest BCUT2D eigenvalue weighted by Crippen LogP contribution is -2.05. The van der Waals surface area contributed by atoms with Crippen LogP contribution in [0.4, 0.5) is 0 Å². The number of methoxy groups -OCH3 is 1. The lowest BCUT2D eigenvalue weighted by molar-refractivity contribution is 0.415. The Morgan fingerprint density at radius 2 is 2.27 bits per heavy atom. The van der Waals surface area contributed by atoms with Crippen molar-refractivity contribution in [1.29, 1.82) is 0 Å². The van der Waals surface area contributed by atoms with Gasteiger partial charge in [0.25, 0.3) is 0 Å². The van der Waals surface area contributed by atoms with Crippen LogP contribution in [-0.2, 0) is 0 Å². The average Bonchev–Trinajstić information content (AvgIpc) is 2.26. The van der Waals surface area contributed by atoms with Crippen LogP contribution in [0.5, 0.6) is 5.75 Å². The summed E-state index contributed by atoms with van der Waals surface area (Å²) in [6, 6.07) is 5.49. The van der Waals surface area contributed by atoms with Crippen molar-refractivity contribution in [3.8, 4) is 17.6 Å². The summed E-state index contributed by atoms with van der Waals surface area (Å²) in [6.07, 6.45) is 0.818. The first-order valence-corrected chi connectivity index (χ1v) is 5.12. The summed E-state index contributed by atoms with van der Waals surface area (Å²) < 4.78 is 5.05. The van der Waals surface area contributed by atoms with Gasteiger partial charge in [-0.1, -0.05) is 23.4 Å². The molecule has 80 valence electrons. The van der Waals surface area contributed by atoms with Crippen molar-refractivity contribution in [2.75, 3.05) is 20.7 Å². The molecule has 0 fully saturated rings. The maximum atomic E-state index is 6.02. The fourth-order valence-electron chi connectivity index (χ4n) is 1.07. The molecule has 1 rings (SSSR count). The second-order valence-electron chi connectivity index (χ2n) is 3.00. The minimum Gasteiger partial charge on any atom is -0.497 e. The van der Waals surface area contributed by atoms with Crippen LogP contribution in [0.15, 0.2) is 18.2 Å². The van der Waals surface area contributed by atoms with E-state index in [1.54, 1.807) is 13.2 Å². The maximum Gasteiger partial charge on any atom is 0.120 e. The molecule has 0 aromatic heterocycles. The van der Waals surface area contributed by atoms with Gasteiger partial charge in [0.2, 0.25) is 0 Å². The van der Waals surface area contributed by atoms with Crippen LogP contribution in [0, 0.1) is 11.8 Å². The normalized spacial score (nSPS) is 9.27. The van der Waals surface area contributed by atoms with Crippen LogP contribution < -0.4 is 10.1 Å². The largest absolute Gasteiger partial charge is 0.497 e. The Kier molecular flexibility index (Phi) is 5.03. The maximum absolute atomic E-state index is 6.02. The fourth-order valence-corrected chi connectivity index (χ4v) is 1.29. The Bertz CT molecular complexity index is 379. The van der Waals surface area contributed by atoms with Gasteiger partial charge in [0.15, 0.2) is 0 Å². The smallest absolute Gasteiger partial charge is 0.120 e. The van der Waals surface area contributed by atoms with Crippen molar-refractivity contribution in [3.63, 3.8) is 0 Å². The zero-order valence-corrected chi connectivity index (χ0v) is 9.69. The fraction of sp³-hybridized carbons (Fsp3) is 0.333. The molecule has 0 unspecified atom stereocenters. The summed E-state index contributed by atoms with van der Waals surface area (Å²) in [5.74, 6) is 6.82. The van der Waals surface area contributed by atoms with Crippen LogP contribution >= 0.6 is 11.6 Å². The Hall–Kier alpha value is -1.17. The zero-order valence-electron chi connectivity index (χ0n) is 8.93. The van der Waals surface area contributed by atoms with Crippen molar-refractivity contribution in [3.05, 3.63) is 28.8 Å². The van der Waals surface area contributed by atoms with Gasteiger partial charge in [-0.3, -0.25) is 0 Å². The van der Waals surface area contributed by atoms with Crippen molar-refractivity contribution in [2.24, 2.45) is 0 Å². The Morgan fingerprint density at radius 3 is 2.87 bits per heavy atom. The molecule has 0 bridgehead atoms. The molecular formula is C12H14ClNO. The molecule has 0 heterocycles. The molecule has 1 N–H and O–H groups in total. The number of benzene rings is 1. The minimum atomic E-state index is 0.631. The molecule has 15 heavy (non-hydrogen) atoms. The quantitative estimate of drug-likeness (QED) is 0.627. The molecular weight excluding hydrogens is 210 g/mol. The van der Waals surface area contributed by atoms with Gasteiger partial charge in [0.05, 0.1) is 12.1 Å². The second kappa shape index (κ2) is 6.34. The molecule has 0 aliphatic carbocycles. The van der Waals surface area contributed by atoms with Crippen LogP contribution in [0.25, 0.3) is 0 Å². The van der Waals surface area contributed by atoms with Gasteiger partial charge in [-0.05, 0) is 25.2 Å². The van der Waals surface area contributed by atoms with Crippen LogP contribution in [0.1, 0.15) is 12.0 Å². The summed E-state index contributed by atoms with van der Waals surface area (Å²) in [5, 5.41) is 3.66. The summed E-state index contributed by atoms with van der Waals surface area (Å²) in [5.41, 5.74) is 0.841. The third kappa shape index (κ3) is 3.83. The van der Waals surface area contributed by atoms with E-state index in [0.29, 0.717) is 5.02 Å². The summed E-state index contributed by atoms with van der Waals surface area (Å²) in [7, 11) is 3.52. The number of nitrogens with one attached hydrogen (secondary N) is 1. The molecule has 0 aliphatic rings. The second-order valence-corrected chi connectivity index (χ2v) is 3.41. The van der Waals surface area contributed by atoms with Gasteiger partial charge < -0.3 is 10.1 Å². The molecule has 0 atom stereocenters. The van der Waals surface area contributed by atoms with E-state index in [0.717, 1.165) is 24.3 Å². The predicted molar refractivity (Wildman–Crippen MR) is 63.4 cm³/mol. The highest BCUT2D eigenvalue weighted by molar-refractivity contribution is 6.31. The molecule has 1 aromatic rings. The Balaban J connectivity index is 2.72. The Labute approximate surface area is 95.6 Å². The summed E-state index contributed by atoms with van der Waals surface area (Å²) >= 11 is 6.02. The summed E-state index contributed by atoms with van der Waals surface area (Å²) in [4.78, 5) is 0. The first-order chi connectivity index (χ1) is 7.27. The van der Waals surface area contributed by atoms with Crippen molar-refractivity contribution in [2.45, 2.75) is 6.42 Å². The van der Waals surface area contributed by atoms with E-state index in [2.05, 4.69) is 17.2 Å². The van der Waals surface area contributed by atoms with E-state index < -0.39 is 0 Å². The molecule has 0 aliphatic heterocycles. The highest BCUT2D eigenvalue weighted by atomic mass is 35.5. The number of ether oxygens (including phenoxy) is 1. The van der Waals surface area contributed by atoms with Crippen LogP contribution in [0.2, 0.25) is 5.02 Å². The highest BCUT2D eigenvalue weighted by Crippen LogP contribution is 2.21. The molecule has 0 spiro atoms. The van der Waals surface area contributed by atoms with Gasteiger partial charge in [-0.15, -0.1) is 0 Å². The van der Waals surface area contributed by atoms with Gasteiger partial charge in [0, 0.05) is 18.5 Å². The van der Waals surface area contributed by atoms with Crippen molar-refractivity contribution >= 4 is 11.6 Å². The molecule has 0 saturated carbocycles. The van der Waals surface area contributed by atoms with E-state index in [1.165, 1.54) is 0 Å². The lowest BCUT2D eigenvalue weighted by Gasteiger charge is -2.00. The zero-order chi connectivity index (χ0) is 11.1. The molecule has 0 amide bonds. The first kappa shape index (κ1) is 11.9. The topological polar surface area (TPSA) is 21.3 Å². The van der Waals surface area contributed by atoms with E-state index >= 15 is 0 Å². The SMILES string of the molecule is CNCCC#Cc1ccc(OC)cc1Cl. The average molecular weight is 224 g/mol. The van der Waals surface area contributed by atoms with Gasteiger partial charge in [-0.25, -0.2) is 0 Å². The lowest BCUT2D eigenvalue weighted by atomic mass is 10.2. The van der Waals surface area contributed by atoms with E-state index in [4.69, 9.17) is 16.3 Å². The van der Waals surface area contributed by atoms with E-state index in [9.17, 15) is 0 Å². The summed E-state index contributed by atoms with van der Waals surface area (Å²) in [6.45, 7) is 0.890. The van der Waals surface area contributed by atoms with Crippen LogP contribution in [-0.4, -0.2) is 20.7 Å². The van der Waals surface area contributed by atoms with E-state index in [1.807, 2.05) is 19.2 Å². The van der Waals surface area contributed by atoms with Gasteiger partial charge in [0.1, 0.15) is 5.75 Å². The van der Waals surface area contributed by atoms with Gasteiger partial charge >= 0.3 is 0 Å².